The molecule has 0 fully saturated rings. The van der Waals surface area contributed by atoms with Crippen LogP contribution >= 0.6 is 0 Å². The topological polar surface area (TPSA) is 26.3 Å². The van der Waals surface area contributed by atoms with E-state index in [0.29, 0.717) is 11.8 Å². The average Bonchev–Trinajstić information content (AvgIpc) is 3.17. The van der Waals surface area contributed by atoms with Crippen molar-refractivity contribution >= 4 is 5.97 Å². The van der Waals surface area contributed by atoms with Crippen molar-refractivity contribution in [3.8, 4) is 0 Å². The smallest absolute Gasteiger partial charge is 0.329 e. The van der Waals surface area contributed by atoms with Gasteiger partial charge in [-0.1, -0.05) is 69.0 Å². The van der Waals surface area contributed by atoms with E-state index in [1.165, 1.54) is 7.11 Å². The maximum atomic E-state index is 9.84. The largest absolute Gasteiger partial charge is 0.466 e. The summed E-state index contributed by atoms with van der Waals surface area (Å²) in [5.74, 6) is 2.35. The number of hydrogen-bond acceptors (Lipinski definition) is 2. The van der Waals surface area contributed by atoms with E-state index in [9.17, 15) is 4.79 Å². The molecule has 2 heteroatoms. The Balaban J connectivity index is 0.000000286. The summed E-state index contributed by atoms with van der Waals surface area (Å²) in [5.41, 5.74) is 0. The van der Waals surface area contributed by atoms with Crippen LogP contribution in [0.1, 0.15) is 13.8 Å². The van der Waals surface area contributed by atoms with Gasteiger partial charge in [0.05, 0.1) is 7.11 Å². The van der Waals surface area contributed by atoms with Crippen LogP contribution in [0.3, 0.4) is 0 Å². The first kappa shape index (κ1) is 16.2. The van der Waals surface area contributed by atoms with Gasteiger partial charge < -0.3 is 4.74 Å². The first-order valence-electron chi connectivity index (χ1n) is 7.00. The maximum absolute atomic E-state index is 9.84. The van der Waals surface area contributed by atoms with E-state index in [4.69, 9.17) is 0 Å². The van der Waals surface area contributed by atoms with Crippen LogP contribution in [0.5, 0.6) is 0 Å². The number of allylic oxidation sites excluding steroid dienone is 8. The average molecular weight is 272 g/mol. The van der Waals surface area contributed by atoms with Gasteiger partial charge in [0, 0.05) is 6.08 Å². The standard InChI is InChI=1S/C14H18.C4H6O2/c1-11(13-7-3-4-8-13)12(2)14-9-5-6-10-14;1-3-4(5)6-2/h3-14H,1-2H3;3H,1H2,2H3. The Morgan fingerprint density at radius 1 is 1.00 bits per heavy atom. The fourth-order valence-electron chi connectivity index (χ4n) is 2.38. The zero-order chi connectivity index (χ0) is 15.0. The molecule has 2 atom stereocenters. The van der Waals surface area contributed by atoms with Crippen LogP contribution in [0.15, 0.2) is 61.3 Å². The van der Waals surface area contributed by atoms with E-state index >= 15 is 0 Å². The highest BCUT2D eigenvalue weighted by Crippen LogP contribution is 2.33. The van der Waals surface area contributed by atoms with Gasteiger partial charge >= 0.3 is 5.97 Å². The van der Waals surface area contributed by atoms with Crippen LogP contribution in [-0.4, -0.2) is 13.1 Å². The van der Waals surface area contributed by atoms with Crippen molar-refractivity contribution in [2.45, 2.75) is 13.8 Å². The molecule has 0 aromatic heterocycles. The second kappa shape index (κ2) is 8.36. The molecule has 2 aliphatic rings. The summed E-state index contributed by atoms with van der Waals surface area (Å²) in [7, 11) is 1.31. The number of carbonyl (C=O) groups excluding carboxylic acids is 1. The van der Waals surface area contributed by atoms with Crippen molar-refractivity contribution in [1.82, 2.24) is 0 Å². The first-order chi connectivity index (χ1) is 9.60. The van der Waals surface area contributed by atoms with Crippen molar-refractivity contribution in [2.75, 3.05) is 7.11 Å². The molecule has 0 radical (unpaired) electrons. The lowest BCUT2D eigenvalue weighted by molar-refractivity contribution is -0.134. The van der Waals surface area contributed by atoms with Crippen LogP contribution < -0.4 is 0 Å². The fourth-order valence-corrected chi connectivity index (χ4v) is 2.38. The van der Waals surface area contributed by atoms with Gasteiger partial charge in [-0.15, -0.1) is 0 Å². The Labute approximate surface area is 122 Å². The van der Waals surface area contributed by atoms with E-state index in [0.717, 1.165) is 17.9 Å². The van der Waals surface area contributed by atoms with Gasteiger partial charge in [0.25, 0.3) is 0 Å². The lowest BCUT2D eigenvalue weighted by atomic mass is 9.78. The van der Waals surface area contributed by atoms with E-state index in [1.54, 1.807) is 0 Å². The molecule has 2 unspecified atom stereocenters. The summed E-state index contributed by atoms with van der Waals surface area (Å²) in [6, 6.07) is 0. The van der Waals surface area contributed by atoms with Crippen molar-refractivity contribution in [2.24, 2.45) is 23.7 Å². The molecule has 108 valence electrons. The first-order valence-corrected chi connectivity index (χ1v) is 7.00. The SMILES string of the molecule is C=CC(=O)OC.CC(C1C=CC=C1)C(C)C1C=CC=C1. The zero-order valence-electron chi connectivity index (χ0n) is 12.5. The molecule has 0 aromatic rings. The molecule has 2 rings (SSSR count). The van der Waals surface area contributed by atoms with Crippen molar-refractivity contribution in [1.29, 1.82) is 0 Å². The molecular formula is C18H24O2. The molecule has 0 heterocycles. The third kappa shape index (κ3) is 4.69. The quantitative estimate of drug-likeness (QED) is 0.569. The Hall–Kier alpha value is -1.83. The predicted molar refractivity (Wildman–Crippen MR) is 84.1 cm³/mol. The molecule has 0 amide bonds. The Morgan fingerprint density at radius 2 is 1.35 bits per heavy atom. The Bertz CT molecular complexity index is 384. The Kier molecular flexibility index (Phi) is 6.78. The summed E-state index contributed by atoms with van der Waals surface area (Å²) in [6.07, 6.45) is 19.0. The van der Waals surface area contributed by atoms with Crippen molar-refractivity contribution in [3.05, 3.63) is 61.3 Å². The molecule has 0 aliphatic heterocycles. The molecule has 0 bridgehead atoms. The third-order valence-electron chi connectivity index (χ3n) is 3.97. The molecule has 2 aliphatic carbocycles. The predicted octanol–water partition coefficient (Wildman–Crippen LogP) is 4.09. The van der Waals surface area contributed by atoms with E-state index in [-0.39, 0.29) is 0 Å². The minimum absolute atomic E-state index is 0.394. The summed E-state index contributed by atoms with van der Waals surface area (Å²) in [4.78, 5) is 9.84. The van der Waals surface area contributed by atoms with Gasteiger partial charge in [-0.25, -0.2) is 4.79 Å². The third-order valence-corrected chi connectivity index (χ3v) is 3.97. The maximum Gasteiger partial charge on any atom is 0.329 e. The highest BCUT2D eigenvalue weighted by molar-refractivity contribution is 5.80. The van der Waals surface area contributed by atoms with Crippen LogP contribution in [0.4, 0.5) is 0 Å². The van der Waals surface area contributed by atoms with Crippen LogP contribution in [0.2, 0.25) is 0 Å². The number of esters is 1. The number of hydrogen-bond donors (Lipinski definition) is 0. The number of methoxy groups -OCH3 is 1. The molecular weight excluding hydrogens is 248 g/mol. The molecule has 0 spiro atoms. The minimum atomic E-state index is -0.394. The monoisotopic (exact) mass is 272 g/mol. The molecule has 0 saturated heterocycles. The molecule has 0 aromatic carbocycles. The van der Waals surface area contributed by atoms with Gasteiger partial charge in [-0.05, 0) is 23.7 Å². The normalized spacial score (nSPS) is 19.6. The molecule has 20 heavy (non-hydrogen) atoms. The van der Waals surface area contributed by atoms with Crippen LogP contribution in [0.25, 0.3) is 0 Å². The summed E-state index contributed by atoms with van der Waals surface area (Å²) in [6.45, 7) is 7.87. The van der Waals surface area contributed by atoms with E-state index < -0.39 is 5.97 Å². The van der Waals surface area contributed by atoms with Gasteiger partial charge in [0.15, 0.2) is 0 Å². The lowest BCUT2D eigenvalue weighted by Crippen LogP contribution is -2.20. The summed E-state index contributed by atoms with van der Waals surface area (Å²) < 4.78 is 4.14. The summed E-state index contributed by atoms with van der Waals surface area (Å²) >= 11 is 0. The zero-order valence-corrected chi connectivity index (χ0v) is 12.5. The fraction of sp³-hybridized carbons (Fsp3) is 0.389. The minimum Gasteiger partial charge on any atom is -0.466 e. The second-order valence-corrected chi connectivity index (χ2v) is 5.14. The van der Waals surface area contributed by atoms with Gasteiger partial charge in [-0.2, -0.15) is 0 Å². The highest BCUT2D eigenvalue weighted by Gasteiger charge is 2.24. The molecule has 2 nitrogen and oxygen atoms in total. The lowest BCUT2D eigenvalue weighted by Gasteiger charge is -2.26. The number of carbonyl (C=O) groups is 1. The number of rotatable bonds is 4. The Morgan fingerprint density at radius 3 is 1.55 bits per heavy atom. The number of ether oxygens (including phenoxy) is 1. The van der Waals surface area contributed by atoms with Crippen LogP contribution in [0, 0.1) is 23.7 Å². The molecule has 0 N–H and O–H groups in total. The van der Waals surface area contributed by atoms with Crippen LogP contribution in [-0.2, 0) is 9.53 Å². The van der Waals surface area contributed by atoms with Crippen molar-refractivity contribution < 1.29 is 9.53 Å². The summed E-state index contributed by atoms with van der Waals surface area (Å²) in [5, 5.41) is 0. The van der Waals surface area contributed by atoms with Gasteiger partial charge in [0.1, 0.15) is 0 Å². The van der Waals surface area contributed by atoms with Gasteiger partial charge in [-0.3, -0.25) is 0 Å². The van der Waals surface area contributed by atoms with E-state index in [1.807, 2.05) is 0 Å². The highest BCUT2D eigenvalue weighted by atomic mass is 16.5. The van der Waals surface area contributed by atoms with Crippen molar-refractivity contribution in [3.63, 3.8) is 0 Å². The van der Waals surface area contributed by atoms with E-state index in [2.05, 4.69) is 73.8 Å². The second-order valence-electron chi connectivity index (χ2n) is 5.14. The molecule has 0 saturated carbocycles. The van der Waals surface area contributed by atoms with Gasteiger partial charge in [0.2, 0.25) is 0 Å².